The van der Waals surface area contributed by atoms with Gasteiger partial charge in [-0.05, 0) is 25.3 Å². The predicted molar refractivity (Wildman–Crippen MR) is 89.3 cm³/mol. The fraction of sp³-hybridized carbons (Fsp3) is 0.412. The van der Waals surface area contributed by atoms with E-state index in [2.05, 4.69) is 41.5 Å². The molecule has 0 bridgehead atoms. The first-order valence-corrected chi connectivity index (χ1v) is 8.42. The number of aryl methyl sites for hydroxylation is 1. The molecule has 1 amide bonds. The molecule has 1 aromatic heterocycles. The third-order valence-corrected chi connectivity index (χ3v) is 4.34. The number of hydrogen-bond donors (Lipinski definition) is 2. The lowest BCUT2D eigenvalue weighted by molar-refractivity contribution is 0.0937. The summed E-state index contributed by atoms with van der Waals surface area (Å²) >= 11 is 1.50. The molecule has 0 aliphatic rings. The first kappa shape index (κ1) is 16.6. The van der Waals surface area contributed by atoms with Crippen LogP contribution < -0.4 is 5.32 Å². The fourth-order valence-electron chi connectivity index (χ4n) is 2.02. The van der Waals surface area contributed by atoms with Crippen LogP contribution in [0.3, 0.4) is 0 Å². The van der Waals surface area contributed by atoms with Crippen LogP contribution >= 0.6 is 11.3 Å². The molecule has 0 aliphatic carbocycles. The summed E-state index contributed by atoms with van der Waals surface area (Å²) in [5.74, 6) is -0.172. The van der Waals surface area contributed by atoms with Gasteiger partial charge in [0.1, 0.15) is 5.69 Å². The fourth-order valence-corrected chi connectivity index (χ4v) is 2.83. The Kier molecular flexibility index (Phi) is 6.10. The quantitative estimate of drug-likeness (QED) is 0.825. The van der Waals surface area contributed by atoms with Crippen LogP contribution in [0.5, 0.6) is 0 Å². The van der Waals surface area contributed by atoms with Crippen LogP contribution in [0.1, 0.15) is 46.4 Å². The van der Waals surface area contributed by atoms with Crippen molar-refractivity contribution < 1.29 is 9.90 Å². The molecule has 5 heteroatoms. The zero-order valence-electron chi connectivity index (χ0n) is 13.0. The van der Waals surface area contributed by atoms with Gasteiger partial charge in [-0.1, -0.05) is 36.8 Å². The van der Waals surface area contributed by atoms with Gasteiger partial charge >= 0.3 is 0 Å². The molecule has 118 valence electrons. The van der Waals surface area contributed by atoms with Crippen LogP contribution in [0.2, 0.25) is 0 Å². The Morgan fingerprint density at radius 1 is 1.36 bits per heavy atom. The first-order valence-electron chi connectivity index (χ1n) is 7.54. The van der Waals surface area contributed by atoms with Crippen molar-refractivity contribution >= 4 is 17.2 Å². The van der Waals surface area contributed by atoms with Gasteiger partial charge in [0.25, 0.3) is 5.91 Å². The predicted octanol–water partition coefficient (Wildman–Crippen LogP) is 2.93. The van der Waals surface area contributed by atoms with E-state index in [1.165, 1.54) is 22.5 Å². The Balaban J connectivity index is 1.87. The molecule has 1 atom stereocenters. The summed E-state index contributed by atoms with van der Waals surface area (Å²) < 4.78 is 0. The van der Waals surface area contributed by atoms with Crippen LogP contribution in [-0.4, -0.2) is 28.6 Å². The molecular weight excluding hydrogens is 296 g/mol. The largest absolute Gasteiger partial charge is 0.393 e. The smallest absolute Gasteiger partial charge is 0.270 e. The van der Waals surface area contributed by atoms with Crippen LogP contribution in [0.4, 0.5) is 0 Å². The van der Waals surface area contributed by atoms with Crippen molar-refractivity contribution in [2.24, 2.45) is 0 Å². The van der Waals surface area contributed by atoms with E-state index in [0.717, 1.165) is 11.4 Å². The van der Waals surface area contributed by atoms with Crippen molar-refractivity contribution in [3.05, 3.63) is 51.5 Å². The summed E-state index contributed by atoms with van der Waals surface area (Å²) in [6, 6.07) is 8.33. The molecule has 0 radical (unpaired) electrons. The van der Waals surface area contributed by atoms with Crippen molar-refractivity contribution in [1.82, 2.24) is 10.3 Å². The summed E-state index contributed by atoms with van der Waals surface area (Å²) in [5, 5.41) is 15.0. The number of hydrogen-bond acceptors (Lipinski definition) is 4. The number of benzene rings is 1. The number of carbonyl (C=O) groups excluding carboxylic acids is 1. The van der Waals surface area contributed by atoms with Crippen LogP contribution in [0.25, 0.3) is 0 Å². The summed E-state index contributed by atoms with van der Waals surface area (Å²) in [6.07, 6.45) is 1.66. The van der Waals surface area contributed by atoms with Gasteiger partial charge in [0, 0.05) is 18.3 Å². The number of aromatic nitrogens is 1. The highest BCUT2D eigenvalue weighted by atomic mass is 32.1. The van der Waals surface area contributed by atoms with E-state index < -0.39 is 0 Å². The minimum atomic E-state index is -0.354. The molecule has 4 nitrogen and oxygen atoms in total. The first-order chi connectivity index (χ1) is 10.6. The molecule has 0 aliphatic heterocycles. The molecule has 0 spiro atoms. The minimum absolute atomic E-state index is 0.172. The van der Waals surface area contributed by atoms with Gasteiger partial charge in [0.05, 0.1) is 11.1 Å². The molecule has 22 heavy (non-hydrogen) atoms. The summed E-state index contributed by atoms with van der Waals surface area (Å²) in [6.45, 7) is 4.45. The summed E-state index contributed by atoms with van der Waals surface area (Å²) in [7, 11) is 0. The molecule has 0 saturated carbocycles. The second kappa shape index (κ2) is 8.06. The highest BCUT2D eigenvalue weighted by Crippen LogP contribution is 2.15. The molecule has 1 aromatic carbocycles. The van der Waals surface area contributed by atoms with Gasteiger partial charge in [-0.3, -0.25) is 4.79 Å². The number of rotatable bonds is 7. The lowest BCUT2D eigenvalue weighted by Crippen LogP contribution is -2.27. The van der Waals surface area contributed by atoms with E-state index in [1.807, 2.05) is 6.92 Å². The van der Waals surface area contributed by atoms with Crippen molar-refractivity contribution in [1.29, 1.82) is 0 Å². The van der Waals surface area contributed by atoms with E-state index in [1.54, 1.807) is 5.38 Å². The molecule has 2 aromatic rings. The monoisotopic (exact) mass is 318 g/mol. The number of nitrogens with zero attached hydrogens (tertiary/aromatic N) is 1. The number of carbonyl (C=O) groups is 1. The second-order valence-corrected chi connectivity index (χ2v) is 6.34. The van der Waals surface area contributed by atoms with Crippen LogP contribution in [0, 0.1) is 6.92 Å². The Morgan fingerprint density at radius 2 is 2.09 bits per heavy atom. The zero-order chi connectivity index (χ0) is 15.9. The SMILES string of the molecule is CCC(O)CCNC(=O)c1csc(Cc2ccc(C)cc2)n1. The van der Waals surface area contributed by atoms with Crippen LogP contribution in [0.15, 0.2) is 29.6 Å². The maximum absolute atomic E-state index is 12.0. The Labute approximate surface area is 135 Å². The average Bonchev–Trinajstić information content (AvgIpc) is 2.98. The maximum Gasteiger partial charge on any atom is 0.270 e. The van der Waals surface area contributed by atoms with Gasteiger partial charge in [-0.2, -0.15) is 0 Å². The topological polar surface area (TPSA) is 62.2 Å². The summed E-state index contributed by atoms with van der Waals surface area (Å²) in [5.41, 5.74) is 2.88. The minimum Gasteiger partial charge on any atom is -0.393 e. The van der Waals surface area contributed by atoms with Gasteiger partial charge in [0.2, 0.25) is 0 Å². The average molecular weight is 318 g/mol. The van der Waals surface area contributed by atoms with Crippen LogP contribution in [-0.2, 0) is 6.42 Å². The highest BCUT2D eigenvalue weighted by molar-refractivity contribution is 7.09. The van der Waals surface area contributed by atoms with Crippen molar-refractivity contribution in [3.8, 4) is 0 Å². The lowest BCUT2D eigenvalue weighted by atomic mass is 10.1. The second-order valence-electron chi connectivity index (χ2n) is 5.40. The van der Waals surface area contributed by atoms with E-state index in [-0.39, 0.29) is 12.0 Å². The number of amides is 1. The summed E-state index contributed by atoms with van der Waals surface area (Å²) in [4.78, 5) is 16.4. The van der Waals surface area contributed by atoms with Crippen molar-refractivity contribution in [2.75, 3.05) is 6.54 Å². The maximum atomic E-state index is 12.0. The van der Waals surface area contributed by atoms with Crippen molar-refractivity contribution in [2.45, 2.75) is 39.2 Å². The van der Waals surface area contributed by atoms with Gasteiger partial charge in [0.15, 0.2) is 0 Å². The normalized spacial score (nSPS) is 12.1. The number of aliphatic hydroxyl groups is 1. The van der Waals surface area contributed by atoms with E-state index in [4.69, 9.17) is 0 Å². The van der Waals surface area contributed by atoms with E-state index >= 15 is 0 Å². The third kappa shape index (κ3) is 4.93. The molecule has 0 fully saturated rings. The molecule has 1 unspecified atom stereocenters. The Hall–Kier alpha value is -1.72. The van der Waals surface area contributed by atoms with E-state index in [9.17, 15) is 9.90 Å². The highest BCUT2D eigenvalue weighted by Gasteiger charge is 2.11. The molecule has 2 N–H and O–H groups in total. The molecule has 0 saturated heterocycles. The van der Waals surface area contributed by atoms with E-state index in [0.29, 0.717) is 25.1 Å². The van der Waals surface area contributed by atoms with Gasteiger partial charge in [-0.15, -0.1) is 11.3 Å². The third-order valence-electron chi connectivity index (χ3n) is 3.49. The zero-order valence-corrected chi connectivity index (χ0v) is 13.8. The number of aliphatic hydroxyl groups excluding tert-OH is 1. The molecular formula is C17H22N2O2S. The van der Waals surface area contributed by atoms with Crippen molar-refractivity contribution in [3.63, 3.8) is 0 Å². The molecule has 1 heterocycles. The standard InChI is InChI=1S/C17H22N2O2S/c1-3-14(20)8-9-18-17(21)15-11-22-16(19-15)10-13-6-4-12(2)5-7-13/h4-7,11,14,20H,3,8-10H2,1-2H3,(H,18,21). The lowest BCUT2D eigenvalue weighted by Gasteiger charge is -2.07. The van der Waals surface area contributed by atoms with Gasteiger partial charge in [-0.25, -0.2) is 4.98 Å². The number of nitrogens with one attached hydrogen (secondary N) is 1. The van der Waals surface area contributed by atoms with Gasteiger partial charge < -0.3 is 10.4 Å². The molecule has 2 rings (SSSR count). The Morgan fingerprint density at radius 3 is 2.77 bits per heavy atom. The number of thiazole rings is 1. The Bertz CT molecular complexity index is 607.